The van der Waals surface area contributed by atoms with Crippen molar-refractivity contribution in [2.24, 2.45) is 0 Å². The van der Waals surface area contributed by atoms with Crippen LogP contribution < -0.4 is 0 Å². The predicted molar refractivity (Wildman–Crippen MR) is 121 cm³/mol. The number of rotatable bonds is 9. The van der Waals surface area contributed by atoms with Crippen molar-refractivity contribution >= 4 is 28.9 Å². The maximum Gasteiger partial charge on any atom is 0.421 e. The minimum atomic E-state index is -0.614. The van der Waals surface area contributed by atoms with Gasteiger partial charge in [0.15, 0.2) is 0 Å². The zero-order valence-corrected chi connectivity index (χ0v) is 19.9. The first-order valence-electron chi connectivity index (χ1n) is 10.8. The van der Waals surface area contributed by atoms with Crippen LogP contribution in [0.2, 0.25) is 0 Å². The number of benzene rings is 1. The van der Waals surface area contributed by atoms with Crippen LogP contribution >= 0.6 is 0 Å². The second-order valence-electron chi connectivity index (χ2n) is 9.08. The number of aromatic nitrogens is 1. The van der Waals surface area contributed by atoms with E-state index in [9.17, 15) is 14.4 Å². The van der Waals surface area contributed by atoms with E-state index in [1.54, 1.807) is 27.0 Å². The predicted octanol–water partition coefficient (Wildman–Crippen LogP) is 4.05. The molecule has 176 valence electrons. The Morgan fingerprint density at radius 3 is 2.38 bits per heavy atom. The number of nitrogens with zero attached hydrogens (tertiary/aromatic N) is 2. The summed E-state index contributed by atoms with van der Waals surface area (Å²) in [5.41, 5.74) is 2.35. The van der Waals surface area contributed by atoms with Crippen molar-refractivity contribution in [3.8, 4) is 0 Å². The van der Waals surface area contributed by atoms with Crippen molar-refractivity contribution < 1.29 is 28.6 Å². The number of carbonyl (C=O) groups excluding carboxylic acids is 3. The molecule has 0 N–H and O–H groups in total. The van der Waals surface area contributed by atoms with Crippen molar-refractivity contribution in [2.75, 3.05) is 27.4 Å². The lowest BCUT2D eigenvalue weighted by atomic mass is 10.1. The van der Waals surface area contributed by atoms with Gasteiger partial charge in [-0.25, -0.2) is 4.79 Å². The molecule has 0 unspecified atom stereocenters. The SMILES string of the molecule is Cc1ccc2c(c1)c(CCN(C)C)cn2C(=O)OCOC(=O)CCCC(=O)OC(C)(C)C. The quantitative estimate of drug-likeness (QED) is 0.424. The summed E-state index contributed by atoms with van der Waals surface area (Å²) in [4.78, 5) is 38.2. The molecule has 0 bridgehead atoms. The average Bonchev–Trinajstić information content (AvgIpc) is 3.02. The average molecular weight is 447 g/mol. The zero-order chi connectivity index (χ0) is 23.9. The van der Waals surface area contributed by atoms with Crippen LogP contribution in [0, 0.1) is 6.92 Å². The lowest BCUT2D eigenvalue weighted by Gasteiger charge is -2.19. The number of likely N-dealkylation sites (N-methyl/N-ethyl adjacent to an activating group) is 1. The number of ether oxygens (including phenoxy) is 3. The molecular weight excluding hydrogens is 412 g/mol. The van der Waals surface area contributed by atoms with E-state index in [1.807, 2.05) is 33.2 Å². The van der Waals surface area contributed by atoms with Gasteiger partial charge in [0.05, 0.1) is 5.52 Å². The van der Waals surface area contributed by atoms with Gasteiger partial charge in [-0.2, -0.15) is 0 Å². The molecule has 2 aromatic rings. The monoisotopic (exact) mass is 446 g/mol. The van der Waals surface area contributed by atoms with Crippen LogP contribution in [-0.2, 0) is 30.2 Å². The van der Waals surface area contributed by atoms with Crippen LogP contribution in [0.5, 0.6) is 0 Å². The van der Waals surface area contributed by atoms with Gasteiger partial charge in [-0.05, 0) is 72.3 Å². The third kappa shape index (κ3) is 8.00. The second-order valence-corrected chi connectivity index (χ2v) is 9.08. The van der Waals surface area contributed by atoms with Crippen molar-refractivity contribution in [2.45, 2.75) is 59.0 Å². The van der Waals surface area contributed by atoms with Gasteiger partial charge in [0.2, 0.25) is 6.79 Å². The minimum Gasteiger partial charge on any atom is -0.460 e. The third-order valence-corrected chi connectivity index (χ3v) is 4.65. The molecule has 1 heterocycles. The van der Waals surface area contributed by atoms with E-state index in [1.165, 1.54) is 4.57 Å². The Balaban J connectivity index is 1.87. The number of carbonyl (C=O) groups is 3. The fraction of sp³-hybridized carbons (Fsp3) is 0.542. The maximum absolute atomic E-state index is 12.6. The summed E-state index contributed by atoms with van der Waals surface area (Å²) < 4.78 is 16.8. The van der Waals surface area contributed by atoms with Crippen molar-refractivity contribution in [1.29, 1.82) is 0 Å². The van der Waals surface area contributed by atoms with E-state index in [4.69, 9.17) is 14.2 Å². The van der Waals surface area contributed by atoms with Gasteiger partial charge in [-0.15, -0.1) is 0 Å². The van der Waals surface area contributed by atoms with E-state index in [2.05, 4.69) is 11.0 Å². The number of hydrogen-bond donors (Lipinski definition) is 0. The maximum atomic E-state index is 12.6. The van der Waals surface area contributed by atoms with Gasteiger partial charge in [0, 0.05) is 31.0 Å². The molecule has 1 aromatic heterocycles. The molecule has 8 nitrogen and oxygen atoms in total. The second kappa shape index (κ2) is 11.1. The van der Waals surface area contributed by atoms with Crippen molar-refractivity contribution in [3.05, 3.63) is 35.5 Å². The molecule has 0 saturated carbocycles. The van der Waals surface area contributed by atoms with Crippen molar-refractivity contribution in [1.82, 2.24) is 9.47 Å². The normalized spacial score (nSPS) is 11.6. The highest BCUT2D eigenvalue weighted by Gasteiger charge is 2.18. The summed E-state index contributed by atoms with van der Waals surface area (Å²) in [5, 5.41) is 1.00. The smallest absolute Gasteiger partial charge is 0.421 e. The Labute approximate surface area is 189 Å². The molecule has 0 atom stereocenters. The van der Waals surface area contributed by atoms with Crippen LogP contribution in [0.25, 0.3) is 10.9 Å². The van der Waals surface area contributed by atoms with E-state index in [0.717, 1.165) is 35.0 Å². The third-order valence-electron chi connectivity index (χ3n) is 4.65. The van der Waals surface area contributed by atoms with Crippen LogP contribution in [0.4, 0.5) is 4.79 Å². The van der Waals surface area contributed by atoms with Gasteiger partial charge >= 0.3 is 18.0 Å². The molecule has 32 heavy (non-hydrogen) atoms. The topological polar surface area (TPSA) is 87.1 Å². The highest BCUT2D eigenvalue weighted by Crippen LogP contribution is 2.24. The van der Waals surface area contributed by atoms with E-state index in [-0.39, 0.29) is 18.8 Å². The Kier molecular flexibility index (Phi) is 8.83. The van der Waals surface area contributed by atoms with Crippen molar-refractivity contribution in [3.63, 3.8) is 0 Å². The molecule has 0 amide bonds. The standard InChI is InChI=1S/C24H34N2O6/c1-17-10-11-20-19(14-17)18(12-13-25(5)6)15-26(20)23(29)31-16-30-21(27)8-7-9-22(28)32-24(2,3)4/h10-11,14-15H,7-9,12-13,16H2,1-6H3. The summed E-state index contributed by atoms with van der Waals surface area (Å²) in [6.45, 7) is 7.73. The molecule has 0 saturated heterocycles. The Morgan fingerprint density at radius 2 is 1.72 bits per heavy atom. The minimum absolute atomic E-state index is 0.0389. The summed E-state index contributed by atoms with van der Waals surface area (Å²) in [6.07, 6.45) is 2.42. The molecule has 0 spiro atoms. The first-order chi connectivity index (χ1) is 15.0. The summed E-state index contributed by atoms with van der Waals surface area (Å²) in [6, 6.07) is 5.87. The molecule has 0 aliphatic heterocycles. The van der Waals surface area contributed by atoms with Gasteiger partial charge in [-0.3, -0.25) is 14.2 Å². The molecule has 2 rings (SSSR count). The molecule has 8 heteroatoms. The highest BCUT2D eigenvalue weighted by atomic mass is 16.7. The molecule has 0 aliphatic rings. The molecule has 1 aromatic carbocycles. The molecule has 0 aliphatic carbocycles. The van der Waals surface area contributed by atoms with Crippen LogP contribution in [0.15, 0.2) is 24.4 Å². The number of hydrogen-bond acceptors (Lipinski definition) is 7. The fourth-order valence-electron chi connectivity index (χ4n) is 3.16. The largest absolute Gasteiger partial charge is 0.460 e. The fourth-order valence-corrected chi connectivity index (χ4v) is 3.16. The first-order valence-corrected chi connectivity index (χ1v) is 10.8. The number of aryl methyl sites for hydroxylation is 1. The Bertz CT molecular complexity index is 955. The molecule has 0 radical (unpaired) electrons. The van der Waals surface area contributed by atoms with Crippen LogP contribution in [0.3, 0.4) is 0 Å². The lowest BCUT2D eigenvalue weighted by molar-refractivity contribution is -0.155. The highest BCUT2D eigenvalue weighted by molar-refractivity contribution is 5.92. The summed E-state index contributed by atoms with van der Waals surface area (Å²) in [7, 11) is 4.00. The molecule has 0 fully saturated rings. The molecular formula is C24H34N2O6. The number of fused-ring (bicyclic) bond motifs is 1. The zero-order valence-electron chi connectivity index (χ0n) is 19.9. The summed E-state index contributed by atoms with van der Waals surface area (Å²) >= 11 is 0. The Morgan fingerprint density at radius 1 is 1.03 bits per heavy atom. The van der Waals surface area contributed by atoms with Gasteiger partial charge in [-0.1, -0.05) is 11.6 Å². The van der Waals surface area contributed by atoms with Crippen LogP contribution in [0.1, 0.15) is 51.2 Å². The number of esters is 2. The first kappa shape index (κ1) is 25.4. The van der Waals surface area contributed by atoms with E-state index < -0.39 is 24.5 Å². The lowest BCUT2D eigenvalue weighted by Crippen LogP contribution is -2.23. The van der Waals surface area contributed by atoms with Crippen LogP contribution in [-0.4, -0.2) is 60.5 Å². The summed E-state index contributed by atoms with van der Waals surface area (Å²) in [5.74, 6) is -0.905. The van der Waals surface area contributed by atoms with Gasteiger partial charge in [0.1, 0.15) is 5.60 Å². The Hall–Kier alpha value is -2.87. The van der Waals surface area contributed by atoms with E-state index >= 15 is 0 Å². The van der Waals surface area contributed by atoms with E-state index in [0.29, 0.717) is 6.42 Å². The van der Waals surface area contributed by atoms with Gasteiger partial charge < -0.3 is 19.1 Å². The van der Waals surface area contributed by atoms with Gasteiger partial charge in [0.25, 0.3) is 0 Å².